The zero-order valence-corrected chi connectivity index (χ0v) is 14.4. The normalized spacial score (nSPS) is 17.9. The van der Waals surface area contributed by atoms with Gasteiger partial charge in [-0.25, -0.2) is 0 Å². The van der Waals surface area contributed by atoms with Gasteiger partial charge < -0.3 is 9.47 Å². The number of halogens is 1. The minimum absolute atomic E-state index is 0.255. The van der Waals surface area contributed by atoms with E-state index in [0.29, 0.717) is 23.4 Å². The minimum atomic E-state index is -0.585. The van der Waals surface area contributed by atoms with E-state index in [2.05, 4.69) is 15.5 Å². The molecule has 1 unspecified atom stereocenters. The highest BCUT2D eigenvalue weighted by Crippen LogP contribution is 2.28. The summed E-state index contributed by atoms with van der Waals surface area (Å²) in [5.74, 6) is 0.509. The molecule has 23 heavy (non-hydrogen) atoms. The van der Waals surface area contributed by atoms with Crippen LogP contribution in [0.25, 0.3) is 0 Å². The van der Waals surface area contributed by atoms with E-state index in [9.17, 15) is 4.79 Å². The molecular weight excluding hydrogens is 358 g/mol. The molecule has 2 heterocycles. The van der Waals surface area contributed by atoms with Crippen molar-refractivity contribution in [2.75, 3.05) is 25.1 Å². The molecule has 0 saturated carbocycles. The number of nitrogens with zero attached hydrogens (tertiary/aromatic N) is 2. The Morgan fingerprint density at radius 1 is 1.35 bits per heavy atom. The van der Waals surface area contributed by atoms with Crippen molar-refractivity contribution in [3.63, 3.8) is 0 Å². The quantitative estimate of drug-likeness (QED) is 0.643. The summed E-state index contributed by atoms with van der Waals surface area (Å²) in [4.78, 5) is 12.0. The van der Waals surface area contributed by atoms with Crippen molar-refractivity contribution in [1.82, 2.24) is 10.2 Å². The lowest BCUT2D eigenvalue weighted by molar-refractivity contribution is -0.142. The van der Waals surface area contributed by atoms with Gasteiger partial charge in [-0.3, -0.25) is 10.1 Å². The molecule has 1 aliphatic rings. The summed E-state index contributed by atoms with van der Waals surface area (Å²) in [6.07, 6.45) is -0.585. The van der Waals surface area contributed by atoms with Crippen LogP contribution in [-0.4, -0.2) is 42.0 Å². The van der Waals surface area contributed by atoms with Gasteiger partial charge in [0.1, 0.15) is 0 Å². The Balaban J connectivity index is 1.51. The first-order valence-electron chi connectivity index (χ1n) is 6.91. The molecular formula is C14H14ClN3O3S2. The van der Waals surface area contributed by atoms with E-state index in [-0.39, 0.29) is 12.5 Å². The molecule has 1 atom stereocenters. The van der Waals surface area contributed by atoms with Crippen molar-refractivity contribution in [3.8, 4) is 0 Å². The smallest absolute Gasteiger partial charge is 0.257 e. The van der Waals surface area contributed by atoms with Crippen LogP contribution in [-0.2, 0) is 20.0 Å². The van der Waals surface area contributed by atoms with E-state index in [1.54, 1.807) is 11.8 Å². The Bertz CT molecular complexity index is 660. The fourth-order valence-electron chi connectivity index (χ4n) is 1.87. The Hall–Kier alpha value is -1.19. The second-order valence-corrected chi connectivity index (χ2v) is 7.35. The molecule has 1 aliphatic heterocycles. The number of nitrogens with one attached hydrogen (secondary N) is 1. The summed E-state index contributed by atoms with van der Waals surface area (Å²) in [5.41, 5.74) is 1.15. The van der Waals surface area contributed by atoms with Crippen LogP contribution in [0.15, 0.2) is 28.6 Å². The molecule has 0 spiro atoms. The van der Waals surface area contributed by atoms with E-state index in [1.165, 1.54) is 11.3 Å². The summed E-state index contributed by atoms with van der Waals surface area (Å²) < 4.78 is 11.3. The summed E-state index contributed by atoms with van der Waals surface area (Å²) in [6.45, 7) is 1.22. The highest BCUT2D eigenvalue weighted by Gasteiger charge is 2.23. The van der Waals surface area contributed by atoms with Crippen LogP contribution in [0.1, 0.15) is 5.56 Å². The largest absolute Gasteiger partial charge is 0.376 e. The lowest BCUT2D eigenvalue weighted by Crippen LogP contribution is -2.39. The zero-order chi connectivity index (χ0) is 16.1. The third kappa shape index (κ3) is 4.89. The second kappa shape index (κ2) is 8.07. The Morgan fingerprint density at radius 3 is 2.91 bits per heavy atom. The highest BCUT2D eigenvalue weighted by atomic mass is 35.5. The number of carbonyl (C=O) groups excluding carboxylic acids is 1. The monoisotopic (exact) mass is 371 g/mol. The lowest BCUT2D eigenvalue weighted by atomic mass is 10.2. The van der Waals surface area contributed by atoms with Crippen LogP contribution in [0.2, 0.25) is 5.02 Å². The fourth-order valence-corrected chi connectivity index (χ4v) is 3.71. The minimum Gasteiger partial charge on any atom is -0.376 e. The van der Waals surface area contributed by atoms with Gasteiger partial charge in [0.05, 0.1) is 19.8 Å². The fraction of sp³-hybridized carbons (Fsp3) is 0.357. The zero-order valence-electron chi connectivity index (χ0n) is 12.0. The van der Waals surface area contributed by atoms with Crippen molar-refractivity contribution in [2.45, 2.75) is 16.2 Å². The van der Waals surface area contributed by atoms with Crippen LogP contribution in [0.4, 0.5) is 5.13 Å². The maximum atomic E-state index is 12.0. The van der Waals surface area contributed by atoms with Gasteiger partial charge in [0.15, 0.2) is 10.4 Å². The molecule has 1 aromatic heterocycles. The van der Waals surface area contributed by atoms with Gasteiger partial charge in [0, 0.05) is 10.8 Å². The molecule has 6 nitrogen and oxygen atoms in total. The van der Waals surface area contributed by atoms with Gasteiger partial charge >= 0.3 is 0 Å². The number of aromatic nitrogens is 2. The number of benzene rings is 1. The van der Waals surface area contributed by atoms with E-state index in [4.69, 9.17) is 21.1 Å². The third-order valence-corrected chi connectivity index (χ3v) is 5.32. The molecule has 0 radical (unpaired) electrons. The topological polar surface area (TPSA) is 73.3 Å². The van der Waals surface area contributed by atoms with Gasteiger partial charge in [-0.2, -0.15) is 0 Å². The number of amides is 1. The molecule has 1 aromatic carbocycles. The molecule has 1 N–H and O–H groups in total. The molecule has 1 fully saturated rings. The summed E-state index contributed by atoms with van der Waals surface area (Å²) in [6, 6.07) is 7.66. The van der Waals surface area contributed by atoms with Gasteiger partial charge in [-0.1, -0.05) is 46.8 Å². The van der Waals surface area contributed by atoms with Crippen molar-refractivity contribution < 1.29 is 14.3 Å². The molecule has 0 bridgehead atoms. The van der Waals surface area contributed by atoms with Crippen LogP contribution >= 0.6 is 34.7 Å². The van der Waals surface area contributed by atoms with Gasteiger partial charge in [-0.05, 0) is 17.7 Å². The predicted molar refractivity (Wildman–Crippen MR) is 90.1 cm³/mol. The molecule has 1 amide bonds. The predicted octanol–water partition coefficient (Wildman–Crippen LogP) is 2.84. The van der Waals surface area contributed by atoms with E-state index in [0.717, 1.165) is 15.7 Å². The van der Waals surface area contributed by atoms with Crippen LogP contribution in [0.3, 0.4) is 0 Å². The van der Waals surface area contributed by atoms with Gasteiger partial charge in [0.2, 0.25) is 5.13 Å². The number of thioether (sulfide) groups is 1. The SMILES string of the molecule is O=C(Nc1nnc(SCc2ccc(Cl)cc2)s1)C1COCCO1. The molecule has 3 rings (SSSR count). The third-order valence-electron chi connectivity index (χ3n) is 3.02. The summed E-state index contributed by atoms with van der Waals surface area (Å²) >= 11 is 8.75. The summed E-state index contributed by atoms with van der Waals surface area (Å²) in [5, 5.41) is 11.9. The van der Waals surface area contributed by atoms with E-state index in [1.807, 2.05) is 24.3 Å². The Labute approximate surface area is 146 Å². The maximum absolute atomic E-state index is 12.0. The average Bonchev–Trinajstić information content (AvgIpc) is 3.02. The second-order valence-electron chi connectivity index (χ2n) is 4.71. The molecule has 0 aliphatic carbocycles. The Morgan fingerprint density at radius 2 is 2.17 bits per heavy atom. The molecule has 9 heteroatoms. The number of hydrogen-bond donors (Lipinski definition) is 1. The van der Waals surface area contributed by atoms with Crippen molar-refractivity contribution in [1.29, 1.82) is 0 Å². The van der Waals surface area contributed by atoms with Crippen molar-refractivity contribution in [3.05, 3.63) is 34.9 Å². The van der Waals surface area contributed by atoms with Crippen molar-refractivity contribution in [2.24, 2.45) is 0 Å². The van der Waals surface area contributed by atoms with Crippen LogP contribution in [0, 0.1) is 0 Å². The first-order chi connectivity index (χ1) is 11.2. The van der Waals surface area contributed by atoms with Gasteiger partial charge in [0.25, 0.3) is 5.91 Å². The first kappa shape index (κ1) is 16.7. The van der Waals surface area contributed by atoms with E-state index >= 15 is 0 Å². The number of hydrogen-bond acceptors (Lipinski definition) is 7. The first-order valence-corrected chi connectivity index (χ1v) is 9.09. The molecule has 2 aromatic rings. The summed E-state index contributed by atoms with van der Waals surface area (Å²) in [7, 11) is 0. The van der Waals surface area contributed by atoms with Crippen LogP contribution in [0.5, 0.6) is 0 Å². The van der Waals surface area contributed by atoms with Gasteiger partial charge in [-0.15, -0.1) is 10.2 Å². The molecule has 1 saturated heterocycles. The van der Waals surface area contributed by atoms with E-state index < -0.39 is 6.10 Å². The standard InChI is InChI=1S/C14H14ClN3O3S2/c15-10-3-1-9(2-4-10)8-22-14-18-17-13(23-14)16-12(19)11-7-20-5-6-21-11/h1-4,11H,5-8H2,(H,16,17,19). The highest BCUT2D eigenvalue weighted by molar-refractivity contribution is 8.00. The van der Waals surface area contributed by atoms with Crippen molar-refractivity contribution >= 4 is 45.7 Å². The number of rotatable bonds is 5. The lowest BCUT2D eigenvalue weighted by Gasteiger charge is -2.21. The maximum Gasteiger partial charge on any atom is 0.257 e. The number of ether oxygens (including phenoxy) is 2. The van der Waals surface area contributed by atoms with Crippen LogP contribution < -0.4 is 5.32 Å². The number of carbonyl (C=O) groups is 1. The Kier molecular flexibility index (Phi) is 5.85. The number of anilines is 1. The molecule has 122 valence electrons. The average molecular weight is 372 g/mol.